The van der Waals surface area contributed by atoms with Crippen LogP contribution in [0.4, 0.5) is 0 Å². The second kappa shape index (κ2) is 9.89. The summed E-state index contributed by atoms with van der Waals surface area (Å²) in [4.78, 5) is 42.3. The van der Waals surface area contributed by atoms with E-state index in [0.29, 0.717) is 0 Å². The Morgan fingerprint density at radius 3 is 2.08 bits per heavy atom. The Morgan fingerprint density at radius 2 is 1.50 bits per heavy atom. The molecule has 1 aromatic heterocycles. The Labute approximate surface area is 210 Å². The number of aromatic hydroxyl groups is 1. The molecule has 2 aliphatic heterocycles. The first kappa shape index (κ1) is 23.7. The normalized spacial score (nSPS) is 16.4. The van der Waals surface area contributed by atoms with Crippen molar-refractivity contribution in [3.05, 3.63) is 100.0 Å². The third kappa shape index (κ3) is 4.34. The highest BCUT2D eigenvalue weighted by Gasteiger charge is 2.39. The molecule has 5 rings (SSSR count). The molecule has 0 bridgehead atoms. The smallest absolute Gasteiger partial charge is 0.278 e. The summed E-state index contributed by atoms with van der Waals surface area (Å²) in [7, 11) is 0. The fourth-order valence-corrected chi connectivity index (χ4v) is 5.17. The molecule has 2 aromatic carbocycles. The topological polar surface area (TPSA) is 86.1 Å². The third-order valence-electron chi connectivity index (χ3n) is 7.08. The van der Waals surface area contributed by atoms with Gasteiger partial charge in [0.1, 0.15) is 6.67 Å². The van der Waals surface area contributed by atoms with Crippen molar-refractivity contribution >= 4 is 11.8 Å². The number of hydrogen-bond acceptors (Lipinski definition) is 5. The summed E-state index contributed by atoms with van der Waals surface area (Å²) in [5, 5.41) is 12.7. The highest BCUT2D eigenvalue weighted by Crippen LogP contribution is 2.33. The van der Waals surface area contributed by atoms with Crippen LogP contribution in [0.15, 0.2) is 77.7 Å². The maximum atomic E-state index is 13.6. The molecule has 3 heterocycles. The summed E-state index contributed by atoms with van der Waals surface area (Å²) >= 11 is 0. The third-order valence-corrected chi connectivity index (χ3v) is 7.08. The summed E-state index contributed by atoms with van der Waals surface area (Å²) in [6.07, 6.45) is 3.71. The molecular weight excluding hydrogens is 456 g/mol. The Balaban J connectivity index is 1.58. The highest BCUT2D eigenvalue weighted by atomic mass is 16.3. The van der Waals surface area contributed by atoms with E-state index in [0.717, 1.165) is 37.1 Å². The number of carbonyl (C=O) groups is 2. The highest BCUT2D eigenvalue weighted by molar-refractivity contribution is 5.96. The Bertz CT molecular complexity index is 1260. The molecule has 1 unspecified atom stereocenters. The zero-order chi connectivity index (χ0) is 25.2. The van der Waals surface area contributed by atoms with E-state index >= 15 is 0 Å². The van der Waals surface area contributed by atoms with Crippen LogP contribution in [0.25, 0.3) is 0 Å². The van der Waals surface area contributed by atoms with Gasteiger partial charge in [0.25, 0.3) is 5.91 Å². The van der Waals surface area contributed by atoms with Gasteiger partial charge >= 0.3 is 0 Å². The predicted octanol–water partition coefficient (Wildman–Crippen LogP) is 3.10. The molecule has 0 radical (unpaired) electrons. The molecule has 0 spiro atoms. The van der Waals surface area contributed by atoms with Crippen molar-refractivity contribution in [2.24, 2.45) is 0 Å². The van der Waals surface area contributed by atoms with Gasteiger partial charge in [-0.2, -0.15) is 0 Å². The van der Waals surface area contributed by atoms with Crippen LogP contribution in [0.2, 0.25) is 0 Å². The average molecular weight is 487 g/mol. The van der Waals surface area contributed by atoms with Gasteiger partial charge in [-0.1, -0.05) is 60.7 Å². The number of benzene rings is 2. The van der Waals surface area contributed by atoms with E-state index in [1.54, 1.807) is 9.58 Å². The average Bonchev–Trinajstić information content (AvgIpc) is 3.44. The minimum Gasteiger partial charge on any atom is -0.502 e. The van der Waals surface area contributed by atoms with Gasteiger partial charge in [0.2, 0.25) is 11.3 Å². The number of pyridine rings is 1. The van der Waals surface area contributed by atoms with Crippen molar-refractivity contribution in [3.8, 4) is 5.75 Å². The van der Waals surface area contributed by atoms with E-state index in [9.17, 15) is 19.5 Å². The summed E-state index contributed by atoms with van der Waals surface area (Å²) in [6.45, 7) is 3.51. The SMILES string of the molecule is CC(CC(=O)N1CCCC1)N1CN(C(c2ccccc2)c2ccccc2)n2ccc(=O)c(O)c2C1=O. The van der Waals surface area contributed by atoms with Crippen LogP contribution in [0.1, 0.15) is 53.8 Å². The van der Waals surface area contributed by atoms with Gasteiger partial charge in [-0.25, -0.2) is 0 Å². The fourth-order valence-electron chi connectivity index (χ4n) is 5.17. The molecule has 1 saturated heterocycles. The minimum absolute atomic E-state index is 0.0160. The van der Waals surface area contributed by atoms with Gasteiger partial charge in [0.15, 0.2) is 11.4 Å². The van der Waals surface area contributed by atoms with Crippen molar-refractivity contribution < 1.29 is 14.7 Å². The predicted molar refractivity (Wildman–Crippen MR) is 136 cm³/mol. The lowest BCUT2D eigenvalue weighted by Gasteiger charge is -2.45. The van der Waals surface area contributed by atoms with Crippen LogP contribution < -0.4 is 10.4 Å². The van der Waals surface area contributed by atoms with E-state index < -0.39 is 23.1 Å². The number of amides is 2. The maximum absolute atomic E-state index is 13.6. The minimum atomic E-state index is -0.617. The number of hydrogen-bond donors (Lipinski definition) is 1. The van der Waals surface area contributed by atoms with Crippen molar-refractivity contribution in [3.63, 3.8) is 0 Å². The summed E-state index contributed by atoms with van der Waals surface area (Å²) in [6, 6.07) is 20.3. The molecule has 1 fully saturated rings. The van der Waals surface area contributed by atoms with Gasteiger partial charge < -0.3 is 14.9 Å². The van der Waals surface area contributed by atoms with Gasteiger partial charge in [-0.3, -0.25) is 24.1 Å². The van der Waals surface area contributed by atoms with Crippen LogP contribution in [0.5, 0.6) is 5.75 Å². The lowest BCUT2D eigenvalue weighted by Crippen LogP contribution is -2.58. The quantitative estimate of drug-likeness (QED) is 0.579. The van der Waals surface area contributed by atoms with Crippen molar-refractivity contribution in [2.75, 3.05) is 24.8 Å². The number of rotatable bonds is 6. The van der Waals surface area contributed by atoms with E-state index in [1.807, 2.05) is 77.5 Å². The molecule has 8 nitrogen and oxygen atoms in total. The second-order valence-corrected chi connectivity index (χ2v) is 9.44. The van der Waals surface area contributed by atoms with Gasteiger partial charge in [0, 0.05) is 37.8 Å². The molecule has 36 heavy (non-hydrogen) atoms. The van der Waals surface area contributed by atoms with Gasteiger partial charge in [-0.05, 0) is 30.9 Å². The molecule has 1 N–H and O–H groups in total. The van der Waals surface area contributed by atoms with E-state index in [1.165, 1.54) is 12.3 Å². The molecular formula is C28H30N4O4. The summed E-state index contributed by atoms with van der Waals surface area (Å²) < 4.78 is 1.58. The molecule has 1 atom stereocenters. The lowest BCUT2D eigenvalue weighted by molar-refractivity contribution is -0.131. The van der Waals surface area contributed by atoms with Crippen molar-refractivity contribution in [1.82, 2.24) is 14.5 Å². The van der Waals surface area contributed by atoms with Crippen LogP contribution in [-0.2, 0) is 4.79 Å². The van der Waals surface area contributed by atoms with Gasteiger partial charge in [-0.15, -0.1) is 0 Å². The number of likely N-dealkylation sites (tertiary alicyclic amines) is 1. The number of fused-ring (bicyclic) bond motifs is 1. The molecule has 2 aliphatic rings. The Hall–Kier alpha value is -4.07. The molecule has 0 saturated carbocycles. The monoisotopic (exact) mass is 486 g/mol. The molecule has 186 valence electrons. The Kier molecular flexibility index (Phi) is 6.50. The zero-order valence-corrected chi connectivity index (χ0v) is 20.3. The maximum Gasteiger partial charge on any atom is 0.278 e. The standard InChI is InChI=1S/C28H30N4O4/c1-20(18-24(34)29-15-8-9-16-29)30-19-32(31-17-14-23(33)27(35)26(31)28(30)36)25(21-10-4-2-5-11-21)22-12-6-3-7-13-22/h2-7,10-14,17,20,25,35H,8-9,15-16,18-19H2,1H3. The largest absolute Gasteiger partial charge is 0.502 e. The van der Waals surface area contributed by atoms with Gasteiger partial charge in [0.05, 0.1) is 6.04 Å². The van der Waals surface area contributed by atoms with E-state index in [2.05, 4.69) is 0 Å². The molecule has 2 amide bonds. The van der Waals surface area contributed by atoms with Crippen LogP contribution >= 0.6 is 0 Å². The first-order chi connectivity index (χ1) is 17.5. The summed E-state index contributed by atoms with van der Waals surface area (Å²) in [5.74, 6) is -1.04. The first-order valence-electron chi connectivity index (χ1n) is 12.4. The Morgan fingerprint density at radius 1 is 0.917 bits per heavy atom. The van der Waals surface area contributed by atoms with Crippen molar-refractivity contribution in [2.45, 2.75) is 38.3 Å². The number of carbonyl (C=O) groups excluding carboxylic acids is 2. The fraction of sp³-hybridized carbons (Fsp3) is 0.321. The lowest BCUT2D eigenvalue weighted by atomic mass is 9.98. The van der Waals surface area contributed by atoms with Crippen molar-refractivity contribution in [1.29, 1.82) is 0 Å². The van der Waals surface area contributed by atoms with Crippen LogP contribution in [-0.4, -0.2) is 57.2 Å². The van der Waals surface area contributed by atoms with Crippen LogP contribution in [0, 0.1) is 0 Å². The van der Waals surface area contributed by atoms with Crippen LogP contribution in [0.3, 0.4) is 0 Å². The molecule has 8 heteroatoms. The zero-order valence-electron chi connectivity index (χ0n) is 20.3. The number of aromatic nitrogens is 1. The molecule has 0 aliphatic carbocycles. The van der Waals surface area contributed by atoms with E-state index in [4.69, 9.17) is 0 Å². The number of nitrogens with zero attached hydrogens (tertiary/aromatic N) is 4. The first-order valence-corrected chi connectivity index (χ1v) is 12.4. The molecule has 3 aromatic rings. The van der Waals surface area contributed by atoms with E-state index in [-0.39, 0.29) is 30.7 Å². The summed E-state index contributed by atoms with van der Waals surface area (Å²) in [5.41, 5.74) is 1.27. The second-order valence-electron chi connectivity index (χ2n) is 9.44.